The van der Waals surface area contributed by atoms with E-state index in [2.05, 4.69) is 53.7 Å². The van der Waals surface area contributed by atoms with Crippen LogP contribution in [0.15, 0.2) is 59.7 Å². The van der Waals surface area contributed by atoms with Crippen molar-refractivity contribution in [2.75, 3.05) is 13.7 Å². The molecule has 0 saturated heterocycles. The molecule has 2 N–H and O–H groups in total. The van der Waals surface area contributed by atoms with Gasteiger partial charge in [0, 0.05) is 23.7 Å². The molecule has 27 heavy (non-hydrogen) atoms. The predicted molar refractivity (Wildman–Crippen MR) is 111 cm³/mol. The first kappa shape index (κ1) is 18.7. The fraction of sp³-hybridized carbons (Fsp3) is 0.273. The molecule has 5 heteroatoms. The van der Waals surface area contributed by atoms with Gasteiger partial charge in [-0.15, -0.1) is 0 Å². The zero-order chi connectivity index (χ0) is 19.1. The third-order valence-corrected chi connectivity index (χ3v) is 4.37. The molecule has 0 unspecified atom stereocenters. The molecule has 3 rings (SSSR count). The summed E-state index contributed by atoms with van der Waals surface area (Å²) in [4.78, 5) is 9.23. The first-order chi connectivity index (χ1) is 13.2. The summed E-state index contributed by atoms with van der Waals surface area (Å²) >= 11 is 0. The van der Waals surface area contributed by atoms with E-state index in [9.17, 15) is 0 Å². The van der Waals surface area contributed by atoms with Crippen LogP contribution in [-0.2, 0) is 13.1 Å². The number of aryl methyl sites for hydroxylation is 1. The van der Waals surface area contributed by atoms with Gasteiger partial charge in [0.25, 0.3) is 0 Å². The lowest BCUT2D eigenvalue weighted by atomic mass is 10.1. The minimum atomic E-state index is 0.543. The molecule has 3 aromatic rings. The number of hydrogen-bond donors (Lipinski definition) is 2. The fourth-order valence-electron chi connectivity index (χ4n) is 2.98. The molecular formula is C22H26N4O. The van der Waals surface area contributed by atoms with E-state index in [0.29, 0.717) is 13.1 Å². The van der Waals surface area contributed by atoms with Crippen LogP contribution < -0.4 is 15.4 Å². The molecule has 0 amide bonds. The van der Waals surface area contributed by atoms with Crippen LogP contribution in [0.25, 0.3) is 10.8 Å². The highest BCUT2D eigenvalue weighted by Gasteiger charge is 2.06. The normalized spacial score (nSPS) is 11.4. The zero-order valence-corrected chi connectivity index (χ0v) is 16.1. The van der Waals surface area contributed by atoms with E-state index in [1.165, 1.54) is 10.9 Å². The van der Waals surface area contributed by atoms with Crippen LogP contribution in [0.5, 0.6) is 5.75 Å². The Labute approximate surface area is 160 Å². The van der Waals surface area contributed by atoms with E-state index in [0.717, 1.165) is 34.9 Å². The van der Waals surface area contributed by atoms with Crippen LogP contribution in [0.4, 0.5) is 0 Å². The van der Waals surface area contributed by atoms with Crippen molar-refractivity contribution in [3.63, 3.8) is 0 Å². The molecule has 5 nitrogen and oxygen atoms in total. The van der Waals surface area contributed by atoms with Gasteiger partial charge in [-0.1, -0.05) is 36.4 Å². The molecule has 0 aliphatic rings. The summed E-state index contributed by atoms with van der Waals surface area (Å²) in [5.74, 6) is 1.63. The molecule has 1 heterocycles. The molecule has 2 aromatic carbocycles. The van der Waals surface area contributed by atoms with E-state index < -0.39 is 0 Å². The summed E-state index contributed by atoms with van der Waals surface area (Å²) in [7, 11) is 1.69. The number of benzene rings is 2. The van der Waals surface area contributed by atoms with E-state index >= 15 is 0 Å². The number of ether oxygens (including phenoxy) is 1. The third-order valence-electron chi connectivity index (χ3n) is 4.37. The molecule has 0 atom stereocenters. The van der Waals surface area contributed by atoms with Gasteiger partial charge < -0.3 is 15.4 Å². The van der Waals surface area contributed by atoms with Gasteiger partial charge in [-0.3, -0.25) is 4.98 Å². The predicted octanol–water partition coefficient (Wildman–Crippen LogP) is 3.81. The highest BCUT2D eigenvalue weighted by atomic mass is 16.5. The van der Waals surface area contributed by atoms with E-state index in [4.69, 9.17) is 9.73 Å². The van der Waals surface area contributed by atoms with Crippen LogP contribution in [0.1, 0.15) is 23.7 Å². The molecule has 0 radical (unpaired) electrons. The Kier molecular flexibility index (Phi) is 6.26. The number of aliphatic imine (C=N–C) groups is 1. The molecule has 0 bridgehead atoms. The molecule has 1 aromatic heterocycles. The minimum absolute atomic E-state index is 0.543. The highest BCUT2D eigenvalue weighted by Crippen LogP contribution is 2.20. The zero-order valence-electron chi connectivity index (χ0n) is 16.1. The summed E-state index contributed by atoms with van der Waals surface area (Å²) in [6.07, 6.45) is 1.85. The average Bonchev–Trinajstić information content (AvgIpc) is 2.70. The summed E-state index contributed by atoms with van der Waals surface area (Å²) in [5.41, 5.74) is 3.24. The second kappa shape index (κ2) is 9.03. The maximum absolute atomic E-state index is 5.48. The van der Waals surface area contributed by atoms with Crippen LogP contribution in [0, 0.1) is 6.92 Å². The Bertz CT molecular complexity index is 931. The number of aromatic nitrogens is 1. The van der Waals surface area contributed by atoms with Gasteiger partial charge >= 0.3 is 0 Å². The van der Waals surface area contributed by atoms with Crippen LogP contribution in [0.2, 0.25) is 0 Å². The largest absolute Gasteiger partial charge is 0.496 e. The van der Waals surface area contributed by atoms with Crippen LogP contribution in [-0.4, -0.2) is 24.6 Å². The lowest BCUT2D eigenvalue weighted by molar-refractivity contribution is 0.409. The number of fused-ring (bicyclic) bond motifs is 1. The van der Waals surface area contributed by atoms with Crippen molar-refractivity contribution in [1.29, 1.82) is 0 Å². The smallest absolute Gasteiger partial charge is 0.191 e. The summed E-state index contributed by atoms with van der Waals surface area (Å²) < 4.78 is 5.48. The summed E-state index contributed by atoms with van der Waals surface area (Å²) in [6, 6.07) is 16.5. The van der Waals surface area contributed by atoms with Gasteiger partial charge in [-0.05, 0) is 36.9 Å². The molecule has 0 spiro atoms. The van der Waals surface area contributed by atoms with Crippen molar-refractivity contribution in [2.24, 2.45) is 4.99 Å². The van der Waals surface area contributed by atoms with Crippen molar-refractivity contribution in [3.8, 4) is 5.75 Å². The number of nitrogens with zero attached hydrogens (tertiary/aromatic N) is 2. The number of rotatable bonds is 6. The summed E-state index contributed by atoms with van der Waals surface area (Å²) in [5, 5.41) is 9.02. The van der Waals surface area contributed by atoms with E-state index in [-0.39, 0.29) is 0 Å². The first-order valence-corrected chi connectivity index (χ1v) is 9.19. The van der Waals surface area contributed by atoms with E-state index in [1.807, 2.05) is 30.5 Å². The Morgan fingerprint density at radius 3 is 2.78 bits per heavy atom. The standard InChI is InChI=1S/C22H26N4O/c1-4-23-22(25-14-18-10-9-16(2)13-21(18)27-3)26-15-20-19-8-6-5-7-17(19)11-12-24-20/h5-13H,4,14-15H2,1-3H3,(H2,23,25,26). The van der Waals surface area contributed by atoms with Gasteiger partial charge in [0.2, 0.25) is 0 Å². The van der Waals surface area contributed by atoms with Gasteiger partial charge in [0.15, 0.2) is 5.96 Å². The third kappa shape index (κ3) is 4.76. The minimum Gasteiger partial charge on any atom is -0.496 e. The molecule has 0 saturated carbocycles. The summed E-state index contributed by atoms with van der Waals surface area (Å²) in [6.45, 7) is 6.05. The van der Waals surface area contributed by atoms with Crippen LogP contribution in [0.3, 0.4) is 0 Å². The van der Waals surface area contributed by atoms with Gasteiger partial charge in [-0.25, -0.2) is 4.99 Å². The van der Waals surface area contributed by atoms with Crippen molar-refractivity contribution in [2.45, 2.75) is 26.9 Å². The topological polar surface area (TPSA) is 58.5 Å². The van der Waals surface area contributed by atoms with Gasteiger partial charge in [0.05, 0.1) is 25.9 Å². The maximum Gasteiger partial charge on any atom is 0.191 e. The second-order valence-corrected chi connectivity index (χ2v) is 6.34. The van der Waals surface area contributed by atoms with Gasteiger partial charge in [-0.2, -0.15) is 0 Å². The Balaban J connectivity index is 1.74. The van der Waals surface area contributed by atoms with Crippen LogP contribution >= 0.6 is 0 Å². The molecule has 0 aliphatic carbocycles. The Morgan fingerprint density at radius 2 is 1.96 bits per heavy atom. The quantitative estimate of drug-likeness (QED) is 0.517. The first-order valence-electron chi connectivity index (χ1n) is 9.19. The van der Waals surface area contributed by atoms with E-state index in [1.54, 1.807) is 7.11 Å². The van der Waals surface area contributed by atoms with Crippen molar-refractivity contribution < 1.29 is 4.74 Å². The lowest BCUT2D eigenvalue weighted by Gasteiger charge is -2.13. The fourth-order valence-corrected chi connectivity index (χ4v) is 2.98. The molecular weight excluding hydrogens is 336 g/mol. The number of nitrogens with one attached hydrogen (secondary N) is 2. The number of pyridine rings is 1. The SMILES string of the molecule is CCNC(=NCc1ccc(C)cc1OC)NCc1nccc2ccccc12. The van der Waals surface area contributed by atoms with Gasteiger partial charge in [0.1, 0.15) is 5.75 Å². The van der Waals surface area contributed by atoms with Crippen molar-refractivity contribution in [3.05, 3.63) is 71.5 Å². The Hall–Kier alpha value is -3.08. The Morgan fingerprint density at radius 1 is 1.11 bits per heavy atom. The molecule has 140 valence electrons. The lowest BCUT2D eigenvalue weighted by Crippen LogP contribution is -2.37. The number of methoxy groups -OCH3 is 1. The maximum atomic E-state index is 5.48. The van der Waals surface area contributed by atoms with Crippen molar-refractivity contribution >= 4 is 16.7 Å². The van der Waals surface area contributed by atoms with Crippen molar-refractivity contribution in [1.82, 2.24) is 15.6 Å². The monoisotopic (exact) mass is 362 g/mol. The molecule has 0 fully saturated rings. The number of hydrogen-bond acceptors (Lipinski definition) is 3. The molecule has 0 aliphatic heterocycles. The average molecular weight is 362 g/mol. The highest BCUT2D eigenvalue weighted by molar-refractivity contribution is 5.85. The second-order valence-electron chi connectivity index (χ2n) is 6.34. The number of guanidine groups is 1.